The van der Waals surface area contributed by atoms with Gasteiger partial charge in [-0.25, -0.2) is 9.97 Å². The lowest BCUT2D eigenvalue weighted by atomic mass is 9.94. The SMILES string of the molecule is O=CCN1CCC(c2csc(Nc3ncc(SCCCO)cc3Oc3ccccc3)n2)CC1. The minimum Gasteiger partial charge on any atom is -0.453 e. The smallest absolute Gasteiger partial charge is 0.188 e. The van der Waals surface area contributed by atoms with Crippen LogP contribution in [0.4, 0.5) is 10.9 Å². The fraction of sp³-hybridized carbons (Fsp3) is 0.375. The van der Waals surface area contributed by atoms with Crippen molar-refractivity contribution in [1.82, 2.24) is 14.9 Å². The number of thioether (sulfide) groups is 1. The van der Waals surface area contributed by atoms with Gasteiger partial charge < -0.3 is 20.0 Å². The van der Waals surface area contributed by atoms with Crippen LogP contribution in [0.2, 0.25) is 0 Å². The van der Waals surface area contributed by atoms with Gasteiger partial charge in [0, 0.05) is 34.8 Å². The Morgan fingerprint density at radius 1 is 1.27 bits per heavy atom. The summed E-state index contributed by atoms with van der Waals surface area (Å²) in [7, 11) is 0. The highest BCUT2D eigenvalue weighted by molar-refractivity contribution is 7.99. The van der Waals surface area contributed by atoms with Crippen LogP contribution in [0.15, 0.2) is 52.9 Å². The van der Waals surface area contributed by atoms with E-state index in [2.05, 4.69) is 20.6 Å². The molecule has 0 spiro atoms. The fourth-order valence-electron chi connectivity index (χ4n) is 3.70. The molecule has 3 heterocycles. The van der Waals surface area contributed by atoms with E-state index in [0.29, 0.717) is 24.0 Å². The number of rotatable bonds is 11. The van der Waals surface area contributed by atoms with Crippen molar-refractivity contribution < 1.29 is 14.6 Å². The molecule has 0 saturated carbocycles. The maximum Gasteiger partial charge on any atom is 0.188 e. The Morgan fingerprint density at radius 3 is 2.85 bits per heavy atom. The van der Waals surface area contributed by atoms with E-state index in [1.807, 2.05) is 42.6 Å². The van der Waals surface area contributed by atoms with Crippen LogP contribution in [0.1, 0.15) is 30.9 Å². The zero-order valence-electron chi connectivity index (χ0n) is 18.4. The van der Waals surface area contributed by atoms with Crippen LogP contribution in [0.25, 0.3) is 0 Å². The predicted octanol–water partition coefficient (Wildman–Crippen LogP) is 4.93. The van der Waals surface area contributed by atoms with Crippen LogP contribution in [-0.2, 0) is 4.79 Å². The summed E-state index contributed by atoms with van der Waals surface area (Å²) in [6, 6.07) is 11.6. The summed E-state index contributed by atoms with van der Waals surface area (Å²) in [5.74, 6) is 3.22. The van der Waals surface area contributed by atoms with Gasteiger partial charge >= 0.3 is 0 Å². The van der Waals surface area contributed by atoms with Gasteiger partial charge in [-0.1, -0.05) is 18.2 Å². The average Bonchev–Trinajstić information content (AvgIpc) is 3.31. The lowest BCUT2D eigenvalue weighted by Gasteiger charge is -2.29. The molecule has 0 aliphatic carbocycles. The number of hydrogen-bond acceptors (Lipinski definition) is 9. The van der Waals surface area contributed by atoms with Gasteiger partial charge in [0.2, 0.25) is 0 Å². The summed E-state index contributed by atoms with van der Waals surface area (Å²) >= 11 is 3.21. The summed E-state index contributed by atoms with van der Waals surface area (Å²) in [5.41, 5.74) is 1.09. The third-order valence-electron chi connectivity index (χ3n) is 5.46. The number of hydrogen-bond donors (Lipinski definition) is 2. The number of aromatic nitrogens is 2. The van der Waals surface area contributed by atoms with E-state index in [0.717, 1.165) is 65.9 Å². The molecule has 1 aliphatic heterocycles. The first-order chi connectivity index (χ1) is 16.2. The quantitative estimate of drug-likeness (QED) is 0.225. The van der Waals surface area contributed by atoms with Gasteiger partial charge in [-0.05, 0) is 50.6 Å². The highest BCUT2D eigenvalue weighted by Gasteiger charge is 2.22. The number of para-hydroxylation sites is 1. The van der Waals surface area contributed by atoms with Crippen molar-refractivity contribution in [2.45, 2.75) is 30.1 Å². The molecule has 1 aliphatic rings. The number of benzene rings is 1. The number of anilines is 2. The second-order valence-corrected chi connectivity index (χ2v) is 9.83. The highest BCUT2D eigenvalue weighted by Crippen LogP contribution is 2.36. The van der Waals surface area contributed by atoms with Gasteiger partial charge in [-0.3, -0.25) is 4.90 Å². The Labute approximate surface area is 202 Å². The molecular weight excluding hydrogens is 456 g/mol. The summed E-state index contributed by atoms with van der Waals surface area (Å²) in [4.78, 5) is 23.3. The molecule has 7 nitrogen and oxygen atoms in total. The minimum absolute atomic E-state index is 0.177. The van der Waals surface area contributed by atoms with Crippen LogP contribution in [0.3, 0.4) is 0 Å². The molecule has 174 valence electrons. The third kappa shape index (κ3) is 6.77. The largest absolute Gasteiger partial charge is 0.453 e. The maximum atomic E-state index is 10.7. The number of aliphatic hydroxyl groups excluding tert-OH is 1. The molecule has 1 saturated heterocycles. The van der Waals surface area contributed by atoms with Gasteiger partial charge in [-0.2, -0.15) is 0 Å². The zero-order valence-corrected chi connectivity index (χ0v) is 20.0. The van der Waals surface area contributed by atoms with Crippen LogP contribution < -0.4 is 10.1 Å². The molecule has 33 heavy (non-hydrogen) atoms. The summed E-state index contributed by atoms with van der Waals surface area (Å²) in [6.07, 6.45) is 5.55. The van der Waals surface area contributed by atoms with Crippen LogP contribution >= 0.6 is 23.1 Å². The van der Waals surface area contributed by atoms with Gasteiger partial charge in [0.1, 0.15) is 12.0 Å². The number of nitrogens with one attached hydrogen (secondary N) is 1. The Kier molecular flexibility index (Phi) is 8.71. The summed E-state index contributed by atoms with van der Waals surface area (Å²) in [5, 5.41) is 15.3. The minimum atomic E-state index is 0.177. The van der Waals surface area contributed by atoms with Crippen molar-refractivity contribution in [3.63, 3.8) is 0 Å². The highest BCUT2D eigenvalue weighted by atomic mass is 32.2. The van der Waals surface area contributed by atoms with Crippen LogP contribution in [0, 0.1) is 0 Å². The third-order valence-corrected chi connectivity index (χ3v) is 7.28. The van der Waals surface area contributed by atoms with Crippen molar-refractivity contribution in [3.05, 3.63) is 53.7 Å². The summed E-state index contributed by atoms with van der Waals surface area (Å²) < 4.78 is 6.14. The van der Waals surface area contributed by atoms with Gasteiger partial charge in [0.15, 0.2) is 16.7 Å². The molecule has 0 amide bonds. The van der Waals surface area contributed by atoms with Gasteiger partial charge in [0.25, 0.3) is 0 Å². The normalized spacial score (nSPS) is 14.8. The zero-order chi connectivity index (χ0) is 22.9. The molecule has 1 fully saturated rings. The molecule has 2 aromatic heterocycles. The fourth-order valence-corrected chi connectivity index (χ4v) is 5.31. The van der Waals surface area contributed by atoms with E-state index in [4.69, 9.17) is 14.8 Å². The van der Waals surface area contributed by atoms with Crippen molar-refractivity contribution in [2.24, 2.45) is 0 Å². The number of carbonyl (C=O) groups excluding carboxylic acids is 1. The van der Waals surface area contributed by atoms with Crippen molar-refractivity contribution in [1.29, 1.82) is 0 Å². The first-order valence-corrected chi connectivity index (χ1v) is 13.0. The lowest BCUT2D eigenvalue weighted by molar-refractivity contribution is -0.109. The van der Waals surface area contributed by atoms with E-state index < -0.39 is 0 Å². The first-order valence-electron chi connectivity index (χ1n) is 11.1. The van der Waals surface area contributed by atoms with Crippen molar-refractivity contribution >= 4 is 40.3 Å². The molecular formula is C24H28N4O3S2. The summed E-state index contributed by atoms with van der Waals surface area (Å²) in [6.45, 7) is 2.54. The Bertz CT molecular complexity index is 1020. The molecule has 0 atom stereocenters. The van der Waals surface area contributed by atoms with Crippen LogP contribution in [0.5, 0.6) is 11.5 Å². The Hall–Kier alpha value is -2.46. The van der Waals surface area contributed by atoms with Gasteiger partial charge in [0.05, 0.1) is 12.2 Å². The maximum absolute atomic E-state index is 10.7. The molecule has 4 rings (SSSR count). The molecule has 0 bridgehead atoms. The number of pyridine rings is 1. The predicted molar refractivity (Wildman–Crippen MR) is 133 cm³/mol. The second kappa shape index (κ2) is 12.1. The molecule has 0 radical (unpaired) electrons. The second-order valence-electron chi connectivity index (χ2n) is 7.80. The average molecular weight is 485 g/mol. The topological polar surface area (TPSA) is 87.6 Å². The van der Waals surface area contributed by atoms with E-state index in [1.54, 1.807) is 23.1 Å². The lowest BCUT2D eigenvalue weighted by Crippen LogP contribution is -2.34. The van der Waals surface area contributed by atoms with Crippen molar-refractivity contribution in [3.8, 4) is 11.5 Å². The molecule has 2 N–H and O–H groups in total. The number of aldehydes is 1. The number of piperidine rings is 1. The van der Waals surface area contributed by atoms with E-state index >= 15 is 0 Å². The van der Waals surface area contributed by atoms with Crippen molar-refractivity contribution in [2.75, 3.05) is 37.3 Å². The Balaban J connectivity index is 1.47. The number of likely N-dealkylation sites (tertiary alicyclic amines) is 1. The molecule has 1 aromatic carbocycles. The van der Waals surface area contributed by atoms with E-state index in [-0.39, 0.29) is 6.61 Å². The molecule has 3 aromatic rings. The van der Waals surface area contributed by atoms with E-state index in [9.17, 15) is 4.79 Å². The number of thiazole rings is 1. The van der Waals surface area contributed by atoms with E-state index in [1.165, 1.54) is 0 Å². The number of aliphatic hydroxyl groups is 1. The molecule has 9 heteroatoms. The number of nitrogens with zero attached hydrogens (tertiary/aromatic N) is 3. The number of carbonyl (C=O) groups is 1. The van der Waals surface area contributed by atoms with Crippen LogP contribution in [-0.4, -0.2) is 58.3 Å². The Morgan fingerprint density at radius 2 is 2.09 bits per heavy atom. The molecule has 0 unspecified atom stereocenters. The first kappa shape index (κ1) is 23.7. The number of ether oxygens (including phenoxy) is 1. The monoisotopic (exact) mass is 484 g/mol. The standard InChI is InChI=1S/C24H28N4O3S2/c29-12-4-14-32-20-15-22(31-19-5-2-1-3-6-19)23(25-16-20)27-24-26-21(17-33-24)18-7-9-28(10-8-18)11-13-30/h1-3,5-6,13,15-18,29H,4,7-12,14H2,(H,25,26,27). The van der Waals surface area contributed by atoms with Gasteiger partial charge in [-0.15, -0.1) is 23.1 Å².